The Bertz CT molecular complexity index is 451. The van der Waals surface area contributed by atoms with Crippen LogP contribution in [0, 0.1) is 6.92 Å². The minimum absolute atomic E-state index is 0.00905. The van der Waals surface area contributed by atoms with Gasteiger partial charge in [-0.2, -0.15) is 0 Å². The molecule has 0 spiro atoms. The molecule has 1 aliphatic heterocycles. The smallest absolute Gasteiger partial charge is 0.309 e. The first-order valence-electron chi connectivity index (χ1n) is 6.49. The lowest BCUT2D eigenvalue weighted by atomic mass is 10.2. The first-order valence-corrected chi connectivity index (χ1v) is 7.30. The first-order chi connectivity index (χ1) is 8.94. The minimum atomic E-state index is -0.824. The van der Waals surface area contributed by atoms with E-state index in [2.05, 4.69) is 23.7 Å². The van der Waals surface area contributed by atoms with Crippen LogP contribution in [0.25, 0.3) is 0 Å². The second-order valence-corrected chi connectivity index (χ2v) is 6.41. The molecule has 1 N–H and O–H groups in total. The lowest BCUT2D eigenvalue weighted by Crippen LogP contribution is -2.44. The zero-order chi connectivity index (χ0) is 14.0. The van der Waals surface area contributed by atoms with Gasteiger partial charge in [-0.3, -0.25) is 9.69 Å². The number of carbonyl (C=O) groups is 1. The van der Waals surface area contributed by atoms with E-state index in [1.165, 1.54) is 0 Å². The third kappa shape index (κ3) is 3.99. The van der Waals surface area contributed by atoms with Gasteiger partial charge in [0.25, 0.3) is 0 Å². The van der Waals surface area contributed by atoms with Gasteiger partial charge in [-0.15, -0.1) is 11.3 Å². The number of carboxylic acid groups (broad SMARTS) is 1. The van der Waals surface area contributed by atoms with Gasteiger partial charge in [0.1, 0.15) is 0 Å². The van der Waals surface area contributed by atoms with Crippen molar-refractivity contribution in [3.05, 3.63) is 15.6 Å². The average Bonchev–Trinajstić information content (AvgIpc) is 2.56. The van der Waals surface area contributed by atoms with Gasteiger partial charge in [0.2, 0.25) is 0 Å². The molecule has 1 aromatic heterocycles. The maximum Gasteiger partial charge on any atom is 0.309 e. The number of hydrogen-bond donors (Lipinski definition) is 1. The summed E-state index contributed by atoms with van der Waals surface area (Å²) < 4.78 is 5.71. The Morgan fingerprint density at radius 1 is 1.47 bits per heavy atom. The van der Waals surface area contributed by atoms with Gasteiger partial charge in [-0.05, 0) is 20.8 Å². The quantitative estimate of drug-likeness (QED) is 0.911. The fourth-order valence-corrected chi connectivity index (χ4v) is 3.53. The molecule has 2 heterocycles. The van der Waals surface area contributed by atoms with Gasteiger partial charge in [0.15, 0.2) is 0 Å². The molecule has 19 heavy (non-hydrogen) atoms. The monoisotopic (exact) mass is 284 g/mol. The maximum atomic E-state index is 10.9. The van der Waals surface area contributed by atoms with E-state index in [1.807, 2.05) is 6.92 Å². The average molecular weight is 284 g/mol. The van der Waals surface area contributed by atoms with Gasteiger partial charge in [0, 0.05) is 24.5 Å². The van der Waals surface area contributed by atoms with Crippen molar-refractivity contribution in [1.29, 1.82) is 0 Å². The zero-order valence-corrected chi connectivity index (χ0v) is 12.4. The molecule has 1 saturated heterocycles. The summed E-state index contributed by atoms with van der Waals surface area (Å²) in [6.07, 6.45) is 0.455. The van der Waals surface area contributed by atoms with Crippen LogP contribution in [0.1, 0.15) is 29.4 Å². The molecule has 1 aliphatic rings. The molecule has 1 fully saturated rings. The van der Waals surface area contributed by atoms with E-state index in [-0.39, 0.29) is 18.6 Å². The Kier molecular flexibility index (Phi) is 4.54. The van der Waals surface area contributed by atoms with Crippen LogP contribution in [-0.2, 0) is 22.5 Å². The van der Waals surface area contributed by atoms with Gasteiger partial charge >= 0.3 is 5.97 Å². The number of ether oxygens (including phenoxy) is 1. The Labute approximate surface area is 117 Å². The van der Waals surface area contributed by atoms with E-state index in [0.717, 1.165) is 29.5 Å². The number of rotatable bonds is 4. The minimum Gasteiger partial charge on any atom is -0.481 e. The fourth-order valence-electron chi connectivity index (χ4n) is 2.53. The Balaban J connectivity index is 2.07. The van der Waals surface area contributed by atoms with Crippen LogP contribution in [-0.4, -0.2) is 46.3 Å². The summed E-state index contributed by atoms with van der Waals surface area (Å²) in [4.78, 5) is 18.6. The molecule has 0 amide bonds. The molecule has 0 aromatic carbocycles. The summed E-state index contributed by atoms with van der Waals surface area (Å²) in [7, 11) is 0. The molecule has 2 unspecified atom stereocenters. The highest BCUT2D eigenvalue weighted by molar-refractivity contribution is 7.11. The third-order valence-electron chi connectivity index (χ3n) is 3.07. The number of aryl methyl sites for hydroxylation is 1. The van der Waals surface area contributed by atoms with E-state index < -0.39 is 5.97 Å². The van der Waals surface area contributed by atoms with E-state index in [0.29, 0.717) is 5.69 Å². The van der Waals surface area contributed by atoms with E-state index in [9.17, 15) is 4.79 Å². The number of morpholine rings is 1. The summed E-state index contributed by atoms with van der Waals surface area (Å²) in [5.41, 5.74) is 0.710. The number of carboxylic acids is 1. The van der Waals surface area contributed by atoms with Gasteiger partial charge < -0.3 is 9.84 Å². The van der Waals surface area contributed by atoms with Crippen LogP contribution < -0.4 is 0 Å². The molecule has 0 radical (unpaired) electrons. The summed E-state index contributed by atoms with van der Waals surface area (Å²) in [5, 5.41) is 9.85. The molecule has 6 heteroatoms. The molecule has 2 rings (SSSR count). The Morgan fingerprint density at radius 3 is 2.68 bits per heavy atom. The number of nitrogens with zero attached hydrogens (tertiary/aromatic N) is 2. The molecule has 0 aliphatic carbocycles. The topological polar surface area (TPSA) is 62.7 Å². The van der Waals surface area contributed by atoms with Gasteiger partial charge in [0.05, 0.1) is 29.3 Å². The number of thiazole rings is 1. The summed E-state index contributed by atoms with van der Waals surface area (Å²) in [6, 6.07) is 0. The summed E-state index contributed by atoms with van der Waals surface area (Å²) in [5.74, 6) is -0.824. The molecule has 0 saturated carbocycles. The Morgan fingerprint density at radius 2 is 2.11 bits per heavy atom. The summed E-state index contributed by atoms with van der Waals surface area (Å²) >= 11 is 1.60. The van der Waals surface area contributed by atoms with Crippen molar-refractivity contribution in [3.63, 3.8) is 0 Å². The maximum absolute atomic E-state index is 10.9. The highest BCUT2D eigenvalue weighted by atomic mass is 32.1. The van der Waals surface area contributed by atoms with Crippen molar-refractivity contribution in [2.45, 2.75) is 45.9 Å². The second-order valence-electron chi connectivity index (χ2n) is 5.12. The Hall–Kier alpha value is -0.980. The van der Waals surface area contributed by atoms with Crippen molar-refractivity contribution in [2.75, 3.05) is 13.1 Å². The lowest BCUT2D eigenvalue weighted by Gasteiger charge is -2.35. The van der Waals surface area contributed by atoms with Gasteiger partial charge in [-0.25, -0.2) is 4.98 Å². The lowest BCUT2D eigenvalue weighted by molar-refractivity contribution is -0.136. The van der Waals surface area contributed by atoms with Crippen molar-refractivity contribution < 1.29 is 14.6 Å². The largest absolute Gasteiger partial charge is 0.481 e. The number of aliphatic carboxylic acids is 1. The molecule has 0 bridgehead atoms. The van der Waals surface area contributed by atoms with Crippen LogP contribution in [0.4, 0.5) is 0 Å². The van der Waals surface area contributed by atoms with Gasteiger partial charge in [-0.1, -0.05) is 0 Å². The van der Waals surface area contributed by atoms with E-state index in [4.69, 9.17) is 9.84 Å². The zero-order valence-electron chi connectivity index (χ0n) is 11.5. The van der Waals surface area contributed by atoms with Crippen molar-refractivity contribution in [1.82, 2.24) is 9.88 Å². The summed E-state index contributed by atoms with van der Waals surface area (Å²) in [6.45, 7) is 8.59. The van der Waals surface area contributed by atoms with Crippen molar-refractivity contribution >= 4 is 17.3 Å². The number of hydrogen-bond acceptors (Lipinski definition) is 5. The predicted octanol–water partition coefficient (Wildman–Crippen LogP) is 1.69. The van der Waals surface area contributed by atoms with E-state index in [1.54, 1.807) is 11.3 Å². The number of aromatic nitrogens is 1. The molecular formula is C13H20N2O3S. The fraction of sp³-hybridized carbons (Fsp3) is 0.692. The van der Waals surface area contributed by atoms with Crippen molar-refractivity contribution in [2.24, 2.45) is 0 Å². The molecule has 106 valence electrons. The van der Waals surface area contributed by atoms with Crippen LogP contribution in [0.2, 0.25) is 0 Å². The van der Waals surface area contributed by atoms with Crippen LogP contribution in [0.5, 0.6) is 0 Å². The van der Waals surface area contributed by atoms with Crippen LogP contribution in [0.3, 0.4) is 0 Å². The predicted molar refractivity (Wildman–Crippen MR) is 73.5 cm³/mol. The molecule has 1 aromatic rings. The normalized spacial score (nSPS) is 24.6. The molecule has 2 atom stereocenters. The first kappa shape index (κ1) is 14.4. The second kappa shape index (κ2) is 5.98. The SMILES string of the molecule is Cc1nc(CC(=O)O)c(CN2CC(C)OC(C)C2)s1. The van der Waals surface area contributed by atoms with Crippen molar-refractivity contribution in [3.8, 4) is 0 Å². The van der Waals surface area contributed by atoms with E-state index >= 15 is 0 Å². The third-order valence-corrected chi connectivity index (χ3v) is 4.06. The van der Waals surface area contributed by atoms with Crippen LogP contribution >= 0.6 is 11.3 Å². The highest BCUT2D eigenvalue weighted by Gasteiger charge is 2.24. The standard InChI is InChI=1S/C13H20N2O3S/c1-8-5-15(6-9(2)18-8)7-12-11(4-13(16)17)14-10(3)19-12/h8-9H,4-7H2,1-3H3,(H,16,17). The molecular weight excluding hydrogens is 264 g/mol. The highest BCUT2D eigenvalue weighted by Crippen LogP contribution is 2.22. The van der Waals surface area contributed by atoms with Crippen LogP contribution in [0.15, 0.2) is 0 Å². The molecule has 5 nitrogen and oxygen atoms in total.